The summed E-state index contributed by atoms with van der Waals surface area (Å²) in [5.41, 5.74) is -0.170. The first-order valence-corrected chi connectivity index (χ1v) is 5.10. The van der Waals surface area contributed by atoms with Crippen LogP contribution in [-0.2, 0) is 0 Å². The van der Waals surface area contributed by atoms with E-state index in [2.05, 4.69) is 0 Å². The molecule has 2 rings (SSSR count). The average Bonchev–Trinajstić information content (AvgIpc) is 2.35. The molecule has 0 unspecified atom stereocenters. The fourth-order valence-electron chi connectivity index (χ4n) is 1.41. The van der Waals surface area contributed by atoms with Crippen molar-refractivity contribution in [2.75, 3.05) is 0 Å². The molecule has 0 aliphatic heterocycles. The van der Waals surface area contributed by atoms with Gasteiger partial charge in [0.25, 0.3) is 0 Å². The van der Waals surface area contributed by atoms with Crippen molar-refractivity contribution in [1.82, 2.24) is 0 Å². The van der Waals surface area contributed by atoms with Gasteiger partial charge in [-0.25, -0.2) is 4.79 Å². The number of phenols is 2. The highest BCUT2D eigenvalue weighted by atomic mass is 16.5. The molecule has 0 saturated heterocycles. The fraction of sp³-hybridized carbons (Fsp3) is 0. The van der Waals surface area contributed by atoms with E-state index < -0.39 is 17.5 Å². The topological polar surface area (TPSA) is 87.0 Å². The van der Waals surface area contributed by atoms with E-state index in [1.807, 2.05) is 0 Å². The largest absolute Gasteiger partial charge is 0.504 e. The molecule has 0 heterocycles. The van der Waals surface area contributed by atoms with Crippen LogP contribution in [0.5, 0.6) is 23.0 Å². The molecule has 92 valence electrons. The van der Waals surface area contributed by atoms with E-state index in [-0.39, 0.29) is 11.3 Å². The van der Waals surface area contributed by atoms with Gasteiger partial charge < -0.3 is 20.1 Å². The number of ether oxygens (including phenoxy) is 1. The Morgan fingerprint density at radius 2 is 1.72 bits per heavy atom. The van der Waals surface area contributed by atoms with E-state index in [4.69, 9.17) is 9.84 Å². The van der Waals surface area contributed by atoms with Crippen molar-refractivity contribution in [3.05, 3.63) is 48.0 Å². The molecule has 0 spiro atoms. The van der Waals surface area contributed by atoms with Crippen molar-refractivity contribution < 1.29 is 24.9 Å². The molecule has 18 heavy (non-hydrogen) atoms. The Kier molecular flexibility index (Phi) is 3.05. The average molecular weight is 246 g/mol. The molecule has 0 radical (unpaired) electrons. The van der Waals surface area contributed by atoms with E-state index in [0.717, 1.165) is 12.1 Å². The highest BCUT2D eigenvalue weighted by Gasteiger charge is 2.14. The van der Waals surface area contributed by atoms with Crippen LogP contribution < -0.4 is 4.74 Å². The summed E-state index contributed by atoms with van der Waals surface area (Å²) in [6.07, 6.45) is 0. The molecule has 0 aliphatic rings. The SMILES string of the molecule is O=C(O)c1cc(O)c(O)c(Oc2ccccc2)c1. The van der Waals surface area contributed by atoms with Gasteiger partial charge in [0.05, 0.1) is 5.56 Å². The number of aromatic carboxylic acids is 1. The number of hydrogen-bond acceptors (Lipinski definition) is 4. The van der Waals surface area contributed by atoms with E-state index in [0.29, 0.717) is 5.75 Å². The smallest absolute Gasteiger partial charge is 0.335 e. The maximum absolute atomic E-state index is 10.8. The van der Waals surface area contributed by atoms with Crippen molar-refractivity contribution in [2.24, 2.45) is 0 Å². The predicted molar refractivity (Wildman–Crippen MR) is 63.2 cm³/mol. The zero-order chi connectivity index (χ0) is 13.1. The zero-order valence-electron chi connectivity index (χ0n) is 9.20. The highest BCUT2D eigenvalue weighted by Crippen LogP contribution is 2.38. The molecule has 2 aromatic rings. The van der Waals surface area contributed by atoms with Crippen LogP contribution >= 0.6 is 0 Å². The molecule has 2 aromatic carbocycles. The lowest BCUT2D eigenvalue weighted by Gasteiger charge is -2.09. The van der Waals surface area contributed by atoms with Crippen LogP contribution in [0.15, 0.2) is 42.5 Å². The minimum atomic E-state index is -1.22. The van der Waals surface area contributed by atoms with Gasteiger partial charge in [0.2, 0.25) is 5.75 Å². The highest BCUT2D eigenvalue weighted by molar-refractivity contribution is 5.89. The molecule has 0 aliphatic carbocycles. The van der Waals surface area contributed by atoms with Crippen LogP contribution in [0.1, 0.15) is 10.4 Å². The predicted octanol–water partition coefficient (Wildman–Crippen LogP) is 2.59. The van der Waals surface area contributed by atoms with Crippen LogP contribution in [0.2, 0.25) is 0 Å². The summed E-state index contributed by atoms with van der Waals surface area (Å²) in [7, 11) is 0. The first kappa shape index (κ1) is 11.8. The van der Waals surface area contributed by atoms with Gasteiger partial charge >= 0.3 is 5.97 Å². The number of aromatic hydroxyl groups is 2. The number of carboxylic acid groups (broad SMARTS) is 1. The summed E-state index contributed by atoms with van der Waals surface area (Å²) in [6.45, 7) is 0. The molecule has 5 heteroatoms. The summed E-state index contributed by atoms with van der Waals surface area (Å²) >= 11 is 0. The number of phenolic OH excluding ortho intramolecular Hbond substituents is 2. The maximum atomic E-state index is 10.8. The van der Waals surface area contributed by atoms with Gasteiger partial charge in [0.15, 0.2) is 11.5 Å². The Balaban J connectivity index is 2.41. The second kappa shape index (κ2) is 4.67. The minimum absolute atomic E-state index is 0.112. The minimum Gasteiger partial charge on any atom is -0.504 e. The molecule has 5 nitrogen and oxygen atoms in total. The molecule has 0 saturated carbocycles. The Labute approximate surface area is 103 Å². The molecule has 0 fully saturated rings. The number of rotatable bonds is 3. The third-order valence-corrected chi connectivity index (χ3v) is 2.27. The lowest BCUT2D eigenvalue weighted by molar-refractivity contribution is 0.0696. The Bertz CT molecular complexity index is 577. The van der Waals surface area contributed by atoms with Gasteiger partial charge in [-0.2, -0.15) is 0 Å². The van der Waals surface area contributed by atoms with Crippen molar-refractivity contribution in [3.63, 3.8) is 0 Å². The summed E-state index contributed by atoms with van der Waals surface area (Å²) in [4.78, 5) is 10.8. The van der Waals surface area contributed by atoms with Crippen molar-refractivity contribution in [3.8, 4) is 23.0 Å². The lowest BCUT2D eigenvalue weighted by Crippen LogP contribution is -1.97. The van der Waals surface area contributed by atoms with Gasteiger partial charge in [-0.05, 0) is 24.3 Å². The second-order valence-electron chi connectivity index (χ2n) is 3.56. The van der Waals surface area contributed by atoms with Crippen LogP contribution in [-0.4, -0.2) is 21.3 Å². The van der Waals surface area contributed by atoms with Crippen LogP contribution in [0.25, 0.3) is 0 Å². The Hall–Kier alpha value is -2.69. The quantitative estimate of drug-likeness (QED) is 0.724. The van der Waals surface area contributed by atoms with E-state index >= 15 is 0 Å². The van der Waals surface area contributed by atoms with Gasteiger partial charge in [-0.15, -0.1) is 0 Å². The molecule has 0 bridgehead atoms. The van der Waals surface area contributed by atoms with Crippen LogP contribution in [0, 0.1) is 0 Å². The first-order valence-electron chi connectivity index (χ1n) is 5.10. The number of carboxylic acids is 1. The lowest BCUT2D eigenvalue weighted by atomic mass is 10.2. The molecule has 0 amide bonds. The number of carbonyl (C=O) groups is 1. The number of para-hydroxylation sites is 1. The Morgan fingerprint density at radius 1 is 1.06 bits per heavy atom. The monoisotopic (exact) mass is 246 g/mol. The van der Waals surface area contributed by atoms with Gasteiger partial charge in [-0.3, -0.25) is 0 Å². The van der Waals surface area contributed by atoms with Crippen molar-refractivity contribution in [2.45, 2.75) is 0 Å². The zero-order valence-corrected chi connectivity index (χ0v) is 9.20. The molecule has 0 atom stereocenters. The fourth-order valence-corrected chi connectivity index (χ4v) is 1.41. The third-order valence-electron chi connectivity index (χ3n) is 2.27. The van der Waals surface area contributed by atoms with Crippen LogP contribution in [0.4, 0.5) is 0 Å². The third kappa shape index (κ3) is 2.35. The first-order chi connectivity index (χ1) is 8.58. The number of benzene rings is 2. The molecule has 3 N–H and O–H groups in total. The van der Waals surface area contributed by atoms with Gasteiger partial charge in [0.1, 0.15) is 5.75 Å². The van der Waals surface area contributed by atoms with Crippen molar-refractivity contribution >= 4 is 5.97 Å². The van der Waals surface area contributed by atoms with Crippen molar-refractivity contribution in [1.29, 1.82) is 0 Å². The van der Waals surface area contributed by atoms with E-state index in [1.54, 1.807) is 30.3 Å². The van der Waals surface area contributed by atoms with Gasteiger partial charge in [-0.1, -0.05) is 18.2 Å². The second-order valence-corrected chi connectivity index (χ2v) is 3.56. The summed E-state index contributed by atoms with van der Waals surface area (Å²) in [5, 5.41) is 27.9. The standard InChI is InChI=1S/C13H10O5/c14-10-6-8(13(16)17)7-11(12(10)15)18-9-4-2-1-3-5-9/h1-7,14-15H,(H,16,17). The molecular formula is C13H10O5. The molecule has 0 aromatic heterocycles. The summed E-state index contributed by atoms with van der Waals surface area (Å²) in [5.74, 6) is -1.94. The van der Waals surface area contributed by atoms with Crippen LogP contribution in [0.3, 0.4) is 0 Å². The summed E-state index contributed by atoms with van der Waals surface area (Å²) < 4.78 is 5.31. The Morgan fingerprint density at radius 3 is 2.33 bits per heavy atom. The van der Waals surface area contributed by atoms with Gasteiger partial charge in [0, 0.05) is 0 Å². The van der Waals surface area contributed by atoms with E-state index in [9.17, 15) is 15.0 Å². The number of hydrogen-bond donors (Lipinski definition) is 3. The molecular weight excluding hydrogens is 236 g/mol. The maximum Gasteiger partial charge on any atom is 0.335 e. The van der Waals surface area contributed by atoms with E-state index in [1.165, 1.54) is 0 Å². The normalized spacial score (nSPS) is 10.0. The summed E-state index contributed by atoms with van der Waals surface area (Å²) in [6, 6.07) is 10.6.